The van der Waals surface area contributed by atoms with E-state index in [2.05, 4.69) is 25.3 Å². The van der Waals surface area contributed by atoms with Crippen molar-refractivity contribution in [1.82, 2.24) is 19.9 Å². The van der Waals surface area contributed by atoms with Gasteiger partial charge >= 0.3 is 6.18 Å². The van der Waals surface area contributed by atoms with Crippen molar-refractivity contribution in [3.05, 3.63) is 71.7 Å². The zero-order valence-electron chi connectivity index (χ0n) is 22.2. The summed E-state index contributed by atoms with van der Waals surface area (Å²) in [6.07, 6.45) is -2.93. The quantitative estimate of drug-likeness (QED) is 0.238. The second kappa shape index (κ2) is 11.9. The van der Waals surface area contributed by atoms with Gasteiger partial charge < -0.3 is 10.1 Å². The van der Waals surface area contributed by atoms with Crippen molar-refractivity contribution in [3.63, 3.8) is 0 Å². The summed E-state index contributed by atoms with van der Waals surface area (Å²) in [5.74, 6) is 1.20. The number of alkyl halides is 3. The van der Waals surface area contributed by atoms with Crippen LogP contribution in [0.3, 0.4) is 0 Å². The fourth-order valence-corrected chi connectivity index (χ4v) is 3.82. The summed E-state index contributed by atoms with van der Waals surface area (Å²) < 4.78 is 46.6. The van der Waals surface area contributed by atoms with E-state index in [1.807, 2.05) is 52.0 Å². The second-order valence-electron chi connectivity index (χ2n) is 9.98. The van der Waals surface area contributed by atoms with Crippen LogP contribution < -0.4 is 5.32 Å². The molecule has 39 heavy (non-hydrogen) atoms. The normalized spacial score (nSPS) is 11.9. The van der Waals surface area contributed by atoms with Gasteiger partial charge in [0, 0.05) is 30.8 Å². The van der Waals surface area contributed by atoms with Gasteiger partial charge in [-0.2, -0.15) is 13.2 Å². The van der Waals surface area contributed by atoms with Crippen molar-refractivity contribution >= 4 is 28.3 Å². The Morgan fingerprint density at radius 3 is 2.38 bits per heavy atom. The predicted octanol–water partition coefficient (Wildman–Crippen LogP) is 6.79. The monoisotopic (exact) mass is 537 g/mol. The van der Waals surface area contributed by atoms with Gasteiger partial charge in [-0.3, -0.25) is 9.78 Å². The van der Waals surface area contributed by atoms with Crippen LogP contribution in [0.1, 0.15) is 44.6 Å². The summed E-state index contributed by atoms with van der Waals surface area (Å²) in [4.78, 5) is 29.6. The lowest BCUT2D eigenvalue weighted by Gasteiger charge is -2.14. The number of hydrogen-bond acceptors (Lipinski definition) is 7. The van der Waals surface area contributed by atoms with Gasteiger partial charge in [-0.25, -0.2) is 15.0 Å². The second-order valence-corrected chi connectivity index (χ2v) is 9.98. The van der Waals surface area contributed by atoms with Crippen LogP contribution in [-0.2, 0) is 28.7 Å². The number of nitrogens with zero attached hydrogens (tertiary/aromatic N) is 4. The SMILES string of the molecule is CC(C)COCc1nc(Nc2ccc(CC(=O)C(C)C)cc2)c2ccc(-c3ncccc3C(F)(F)F)nc2n1. The minimum absolute atomic E-state index is 0.0396. The van der Waals surface area contributed by atoms with Crippen molar-refractivity contribution in [1.29, 1.82) is 0 Å². The first-order valence-electron chi connectivity index (χ1n) is 12.7. The molecule has 3 aromatic heterocycles. The first kappa shape index (κ1) is 28.1. The molecule has 0 aliphatic carbocycles. The molecule has 0 spiro atoms. The van der Waals surface area contributed by atoms with Gasteiger partial charge in [-0.1, -0.05) is 39.8 Å². The van der Waals surface area contributed by atoms with Crippen LogP contribution in [0.4, 0.5) is 24.7 Å². The van der Waals surface area contributed by atoms with Crippen molar-refractivity contribution < 1.29 is 22.7 Å². The molecule has 0 bridgehead atoms. The Morgan fingerprint density at radius 1 is 0.974 bits per heavy atom. The number of Topliss-reactive ketones (excluding diaryl/α,β-unsaturated/α-hetero) is 1. The third-order valence-corrected chi connectivity index (χ3v) is 5.88. The molecule has 7 nitrogen and oxygen atoms in total. The smallest absolute Gasteiger partial charge is 0.373 e. The average molecular weight is 538 g/mol. The van der Waals surface area contributed by atoms with E-state index in [-0.39, 0.29) is 35.3 Å². The van der Waals surface area contributed by atoms with Crippen molar-refractivity contribution in [3.8, 4) is 11.4 Å². The molecule has 1 N–H and O–H groups in total. The van der Waals surface area contributed by atoms with Gasteiger partial charge in [0.2, 0.25) is 0 Å². The van der Waals surface area contributed by atoms with Crippen LogP contribution in [-0.4, -0.2) is 32.3 Å². The molecule has 4 rings (SSSR count). The fraction of sp³-hybridized carbons (Fsp3) is 0.345. The van der Waals surface area contributed by atoms with Gasteiger partial charge in [-0.05, 0) is 47.9 Å². The Morgan fingerprint density at radius 2 is 1.72 bits per heavy atom. The van der Waals surface area contributed by atoms with Crippen LogP contribution in [0.5, 0.6) is 0 Å². The lowest BCUT2D eigenvalue weighted by molar-refractivity contribution is -0.137. The summed E-state index contributed by atoms with van der Waals surface area (Å²) in [5, 5.41) is 3.78. The maximum absolute atomic E-state index is 13.6. The van der Waals surface area contributed by atoms with Crippen LogP contribution in [0.15, 0.2) is 54.7 Å². The number of hydrogen-bond donors (Lipinski definition) is 1. The number of fused-ring (bicyclic) bond motifs is 1. The standard InChI is InChI=1S/C29H30F3N5O2/c1-17(2)15-39-16-25-36-27(34-20-9-7-19(8-10-20)14-24(38)18(3)4)21-11-12-23(35-28(21)37-25)26-22(29(30,31)32)6-5-13-33-26/h5-13,17-18H,14-16H2,1-4H3,(H,34,35,36,37). The molecule has 3 heterocycles. The maximum atomic E-state index is 13.6. The highest BCUT2D eigenvalue weighted by atomic mass is 19.4. The van der Waals surface area contributed by atoms with Crippen molar-refractivity contribution in [2.75, 3.05) is 11.9 Å². The molecule has 0 atom stereocenters. The predicted molar refractivity (Wildman–Crippen MR) is 143 cm³/mol. The van der Waals surface area contributed by atoms with Gasteiger partial charge in [0.05, 0.1) is 16.6 Å². The van der Waals surface area contributed by atoms with Crippen molar-refractivity contribution in [2.45, 2.75) is 46.9 Å². The zero-order chi connectivity index (χ0) is 28.2. The van der Waals surface area contributed by atoms with Crippen molar-refractivity contribution in [2.24, 2.45) is 11.8 Å². The molecular formula is C29H30F3N5O2. The molecule has 0 fully saturated rings. The summed E-state index contributed by atoms with van der Waals surface area (Å²) >= 11 is 0. The number of carbonyl (C=O) groups is 1. The average Bonchev–Trinajstić information content (AvgIpc) is 2.88. The molecule has 0 aliphatic rings. The third kappa shape index (κ3) is 7.14. The Bertz CT molecular complexity index is 1450. The molecule has 4 aromatic rings. The number of aromatic nitrogens is 4. The highest BCUT2D eigenvalue weighted by Crippen LogP contribution is 2.36. The minimum atomic E-state index is -4.58. The largest absolute Gasteiger partial charge is 0.418 e. The number of ketones is 1. The Labute approximate surface area is 224 Å². The van der Waals surface area contributed by atoms with Gasteiger partial charge in [0.1, 0.15) is 23.9 Å². The van der Waals surface area contributed by atoms with E-state index in [1.165, 1.54) is 18.3 Å². The number of carbonyl (C=O) groups excluding carboxylic acids is 1. The molecule has 0 radical (unpaired) electrons. The number of anilines is 2. The molecule has 0 saturated heterocycles. The van der Waals surface area contributed by atoms with E-state index in [1.54, 1.807) is 6.07 Å². The lowest BCUT2D eigenvalue weighted by Crippen LogP contribution is -2.10. The van der Waals surface area contributed by atoms with Gasteiger partial charge in [0.25, 0.3) is 0 Å². The molecule has 0 aliphatic heterocycles. The number of halogens is 3. The van der Waals surface area contributed by atoms with Gasteiger partial charge in [-0.15, -0.1) is 0 Å². The molecule has 0 unspecified atom stereocenters. The van der Waals surface area contributed by atoms with E-state index in [0.29, 0.717) is 36.0 Å². The molecular weight excluding hydrogens is 507 g/mol. The topological polar surface area (TPSA) is 89.9 Å². The Balaban J connectivity index is 1.71. The first-order chi connectivity index (χ1) is 18.5. The van der Waals surface area contributed by atoms with E-state index in [0.717, 1.165) is 17.3 Å². The number of rotatable bonds is 10. The highest BCUT2D eigenvalue weighted by molar-refractivity contribution is 5.90. The number of ether oxygens (including phenoxy) is 1. The minimum Gasteiger partial charge on any atom is -0.373 e. The third-order valence-electron chi connectivity index (χ3n) is 5.88. The maximum Gasteiger partial charge on any atom is 0.418 e. The Kier molecular flexibility index (Phi) is 8.54. The summed E-state index contributed by atoms with van der Waals surface area (Å²) in [6, 6.07) is 12.8. The fourth-order valence-electron chi connectivity index (χ4n) is 3.82. The van der Waals surface area contributed by atoms with Gasteiger partial charge in [0.15, 0.2) is 11.5 Å². The molecule has 0 saturated carbocycles. The van der Waals surface area contributed by atoms with Crippen LogP contribution in [0.2, 0.25) is 0 Å². The highest BCUT2D eigenvalue weighted by Gasteiger charge is 2.34. The molecule has 0 amide bonds. The van der Waals surface area contributed by atoms with Crippen LogP contribution >= 0.6 is 0 Å². The summed E-state index contributed by atoms with van der Waals surface area (Å²) in [7, 11) is 0. The first-order valence-corrected chi connectivity index (χ1v) is 12.7. The van der Waals surface area contributed by atoms with Crippen LogP contribution in [0.25, 0.3) is 22.4 Å². The summed E-state index contributed by atoms with van der Waals surface area (Å²) in [5.41, 5.74) is 0.735. The molecule has 204 valence electrons. The van der Waals surface area contributed by atoms with E-state index in [9.17, 15) is 18.0 Å². The lowest BCUT2D eigenvalue weighted by atomic mass is 10.0. The zero-order valence-corrected chi connectivity index (χ0v) is 22.2. The molecule has 10 heteroatoms. The van der Waals surface area contributed by atoms with E-state index < -0.39 is 11.7 Å². The van der Waals surface area contributed by atoms with E-state index in [4.69, 9.17) is 4.74 Å². The molecule has 1 aromatic carbocycles. The van der Waals surface area contributed by atoms with Crippen LogP contribution in [0, 0.1) is 11.8 Å². The Hall–Kier alpha value is -3.92. The number of benzene rings is 1. The van der Waals surface area contributed by atoms with E-state index >= 15 is 0 Å². The number of nitrogens with one attached hydrogen (secondary N) is 1. The number of pyridine rings is 2. The summed E-state index contributed by atoms with van der Waals surface area (Å²) in [6.45, 7) is 8.40.